The van der Waals surface area contributed by atoms with E-state index in [0.717, 1.165) is 11.1 Å². The first-order valence-electron chi connectivity index (χ1n) is 3.57. The van der Waals surface area contributed by atoms with Gasteiger partial charge in [-0.25, -0.2) is 0 Å². The van der Waals surface area contributed by atoms with Crippen LogP contribution in [0.15, 0.2) is 48.6 Å². The molecule has 0 aromatic carbocycles. The van der Waals surface area contributed by atoms with Gasteiger partial charge < -0.3 is 5.73 Å². The third-order valence-electron chi connectivity index (χ3n) is 1.38. The third-order valence-corrected chi connectivity index (χ3v) is 1.38. The van der Waals surface area contributed by atoms with E-state index < -0.39 is 0 Å². The molecule has 0 aromatic heterocycles. The Morgan fingerprint density at radius 1 is 1.27 bits per heavy atom. The molecule has 0 atom stereocenters. The lowest BCUT2D eigenvalue weighted by molar-refractivity contribution is 1.19. The van der Waals surface area contributed by atoms with Crippen LogP contribution in [0.3, 0.4) is 0 Å². The minimum atomic E-state index is 0.532. The standard InChI is InChI=1S/C10H15N/c1-4-9(3)6-7-10(5-2)8-11/h4-7H,1-2,8,11H2,3H3/b9-6-,10-7-. The molecular formula is C10H15N. The smallest absolute Gasteiger partial charge is 0.0177 e. The average molecular weight is 149 g/mol. The van der Waals surface area contributed by atoms with Crippen LogP contribution < -0.4 is 5.73 Å². The molecule has 2 N–H and O–H groups in total. The maximum absolute atomic E-state index is 5.42. The largest absolute Gasteiger partial charge is 0.326 e. The van der Waals surface area contributed by atoms with Crippen molar-refractivity contribution in [2.45, 2.75) is 6.92 Å². The fraction of sp³-hybridized carbons (Fsp3) is 0.200. The van der Waals surface area contributed by atoms with Gasteiger partial charge >= 0.3 is 0 Å². The van der Waals surface area contributed by atoms with E-state index in [1.165, 1.54) is 0 Å². The van der Waals surface area contributed by atoms with E-state index in [1.54, 1.807) is 12.2 Å². The van der Waals surface area contributed by atoms with Crippen LogP contribution >= 0.6 is 0 Å². The molecule has 0 spiro atoms. The van der Waals surface area contributed by atoms with E-state index >= 15 is 0 Å². The maximum atomic E-state index is 5.42. The first kappa shape index (κ1) is 9.92. The molecule has 60 valence electrons. The first-order valence-corrected chi connectivity index (χ1v) is 3.57. The Balaban J connectivity index is 4.28. The zero-order valence-corrected chi connectivity index (χ0v) is 7.01. The second-order valence-electron chi connectivity index (χ2n) is 2.26. The van der Waals surface area contributed by atoms with Gasteiger partial charge in [-0.2, -0.15) is 0 Å². The molecular weight excluding hydrogens is 134 g/mol. The summed E-state index contributed by atoms with van der Waals surface area (Å²) in [5, 5.41) is 0. The number of nitrogens with two attached hydrogens (primary N) is 1. The molecule has 1 heteroatoms. The minimum absolute atomic E-state index is 0.532. The van der Waals surface area contributed by atoms with E-state index in [0.29, 0.717) is 6.54 Å². The highest BCUT2D eigenvalue weighted by atomic mass is 14.5. The van der Waals surface area contributed by atoms with E-state index in [-0.39, 0.29) is 0 Å². The highest BCUT2D eigenvalue weighted by molar-refractivity contribution is 5.27. The molecule has 0 rings (SSSR count). The second-order valence-corrected chi connectivity index (χ2v) is 2.26. The fourth-order valence-electron chi connectivity index (χ4n) is 0.526. The summed E-state index contributed by atoms with van der Waals surface area (Å²) >= 11 is 0. The van der Waals surface area contributed by atoms with E-state index in [4.69, 9.17) is 5.73 Å². The number of rotatable bonds is 4. The lowest BCUT2D eigenvalue weighted by atomic mass is 10.2. The Labute approximate surface area is 68.6 Å². The minimum Gasteiger partial charge on any atom is -0.326 e. The zero-order chi connectivity index (χ0) is 8.69. The average Bonchev–Trinajstić information content (AvgIpc) is 2.06. The van der Waals surface area contributed by atoms with Crippen molar-refractivity contribution in [2.24, 2.45) is 5.73 Å². The topological polar surface area (TPSA) is 26.0 Å². The summed E-state index contributed by atoms with van der Waals surface area (Å²) in [6, 6.07) is 0. The van der Waals surface area contributed by atoms with Crippen LogP contribution in [-0.2, 0) is 0 Å². The van der Waals surface area contributed by atoms with Gasteiger partial charge in [0, 0.05) is 6.54 Å². The Morgan fingerprint density at radius 2 is 1.91 bits per heavy atom. The second kappa shape index (κ2) is 5.69. The molecule has 0 saturated heterocycles. The molecule has 0 bridgehead atoms. The van der Waals surface area contributed by atoms with Gasteiger partial charge in [0.25, 0.3) is 0 Å². The zero-order valence-electron chi connectivity index (χ0n) is 7.01. The van der Waals surface area contributed by atoms with Gasteiger partial charge in [-0.3, -0.25) is 0 Å². The van der Waals surface area contributed by atoms with Gasteiger partial charge in [-0.1, -0.05) is 43.0 Å². The molecule has 0 aromatic rings. The van der Waals surface area contributed by atoms with Crippen LogP contribution in [0, 0.1) is 0 Å². The van der Waals surface area contributed by atoms with Crippen LogP contribution in [0.4, 0.5) is 0 Å². The molecule has 0 saturated carbocycles. The maximum Gasteiger partial charge on any atom is 0.0177 e. The Bertz CT molecular complexity index is 197. The molecule has 11 heavy (non-hydrogen) atoms. The molecule has 0 amide bonds. The summed E-state index contributed by atoms with van der Waals surface area (Å²) in [6.07, 6.45) is 7.47. The summed E-state index contributed by atoms with van der Waals surface area (Å²) in [4.78, 5) is 0. The van der Waals surface area contributed by atoms with Gasteiger partial charge in [0.15, 0.2) is 0 Å². The van der Waals surface area contributed by atoms with Crippen molar-refractivity contribution in [3.8, 4) is 0 Å². The predicted molar refractivity (Wildman–Crippen MR) is 51.3 cm³/mol. The molecule has 1 nitrogen and oxygen atoms in total. The van der Waals surface area contributed by atoms with Crippen molar-refractivity contribution >= 4 is 0 Å². The van der Waals surface area contributed by atoms with Crippen molar-refractivity contribution in [2.75, 3.05) is 6.54 Å². The molecule has 0 fully saturated rings. The normalized spacial score (nSPS) is 12.9. The van der Waals surface area contributed by atoms with Gasteiger partial charge in [0.2, 0.25) is 0 Å². The summed E-state index contributed by atoms with van der Waals surface area (Å²) in [5.41, 5.74) is 7.57. The lowest BCUT2D eigenvalue weighted by Crippen LogP contribution is -1.99. The molecule has 0 heterocycles. The van der Waals surface area contributed by atoms with Gasteiger partial charge in [0.1, 0.15) is 0 Å². The number of hydrogen-bond donors (Lipinski definition) is 1. The summed E-state index contributed by atoms with van der Waals surface area (Å²) < 4.78 is 0. The van der Waals surface area contributed by atoms with Gasteiger partial charge in [-0.15, -0.1) is 0 Å². The summed E-state index contributed by atoms with van der Waals surface area (Å²) in [7, 11) is 0. The van der Waals surface area contributed by atoms with Crippen molar-refractivity contribution < 1.29 is 0 Å². The van der Waals surface area contributed by atoms with Crippen molar-refractivity contribution in [3.05, 3.63) is 48.6 Å². The van der Waals surface area contributed by atoms with Crippen LogP contribution in [0.5, 0.6) is 0 Å². The molecule has 0 radical (unpaired) electrons. The fourth-order valence-corrected chi connectivity index (χ4v) is 0.526. The third kappa shape index (κ3) is 4.34. The molecule has 0 aliphatic carbocycles. The highest BCUT2D eigenvalue weighted by Gasteiger charge is 1.82. The Kier molecular flexibility index (Phi) is 5.13. The quantitative estimate of drug-likeness (QED) is 0.609. The monoisotopic (exact) mass is 149 g/mol. The van der Waals surface area contributed by atoms with Crippen LogP contribution in [0.1, 0.15) is 6.92 Å². The van der Waals surface area contributed by atoms with Crippen molar-refractivity contribution in [1.29, 1.82) is 0 Å². The Morgan fingerprint density at radius 3 is 2.27 bits per heavy atom. The van der Waals surface area contributed by atoms with Gasteiger partial charge in [0.05, 0.1) is 0 Å². The van der Waals surface area contributed by atoms with Gasteiger partial charge in [-0.05, 0) is 12.5 Å². The Hall–Kier alpha value is -1.08. The molecule has 0 aliphatic rings. The highest BCUT2D eigenvalue weighted by Crippen LogP contribution is 1.97. The van der Waals surface area contributed by atoms with Crippen molar-refractivity contribution in [3.63, 3.8) is 0 Å². The SMILES string of the molecule is C=C/C(C)=C\C=C(\C=C)CN. The van der Waals surface area contributed by atoms with E-state index in [2.05, 4.69) is 13.2 Å². The van der Waals surface area contributed by atoms with E-state index in [1.807, 2.05) is 19.1 Å². The predicted octanol–water partition coefficient (Wildman–Crippen LogP) is 2.19. The van der Waals surface area contributed by atoms with Crippen LogP contribution in [-0.4, -0.2) is 6.54 Å². The van der Waals surface area contributed by atoms with Crippen molar-refractivity contribution in [1.82, 2.24) is 0 Å². The van der Waals surface area contributed by atoms with Crippen LogP contribution in [0.25, 0.3) is 0 Å². The summed E-state index contributed by atoms with van der Waals surface area (Å²) in [6.45, 7) is 9.79. The van der Waals surface area contributed by atoms with E-state index in [9.17, 15) is 0 Å². The first-order chi connectivity index (χ1) is 5.24. The number of hydrogen-bond acceptors (Lipinski definition) is 1. The molecule has 0 aliphatic heterocycles. The number of allylic oxidation sites excluding steroid dienone is 4. The van der Waals surface area contributed by atoms with Crippen LogP contribution in [0.2, 0.25) is 0 Å². The lowest BCUT2D eigenvalue weighted by Gasteiger charge is -1.92. The molecule has 0 unspecified atom stereocenters. The summed E-state index contributed by atoms with van der Waals surface area (Å²) in [5.74, 6) is 0.